The molecule has 3 aliphatic rings. The maximum atomic E-state index is 13.0. The third-order valence-corrected chi connectivity index (χ3v) is 6.73. The van der Waals surface area contributed by atoms with Crippen molar-refractivity contribution in [3.63, 3.8) is 0 Å². The monoisotopic (exact) mass is 417 g/mol. The molecule has 1 aromatic carbocycles. The Kier molecular flexibility index (Phi) is 4.47. The molecule has 154 valence electrons. The minimum absolute atomic E-state index is 0.227. The number of hydrogen-bond donors (Lipinski definition) is 3. The summed E-state index contributed by atoms with van der Waals surface area (Å²) in [5.74, 6) is 0.0109. The summed E-state index contributed by atoms with van der Waals surface area (Å²) in [7, 11) is 0. The maximum Gasteiger partial charge on any atom is 0.319 e. The summed E-state index contributed by atoms with van der Waals surface area (Å²) in [6.07, 6.45) is 5.75. The van der Waals surface area contributed by atoms with Crippen LogP contribution in [0.15, 0.2) is 16.5 Å². The van der Waals surface area contributed by atoms with Gasteiger partial charge in [0.15, 0.2) is 5.76 Å². The molecule has 0 bridgehead atoms. The molecule has 1 saturated carbocycles. The Bertz CT molecular complexity index is 995. The van der Waals surface area contributed by atoms with Gasteiger partial charge in [-0.3, -0.25) is 4.79 Å². The standard InChI is InChI=1S/C21H24ClN3O4/c22-14-9-12-10-15(19(27)25-8-4-5-13(26)11-25)29-18(12)16-17(14)23-20(28)24-21(16)6-2-1-3-7-21/h9-10,13,26H,1-8,11H2,(H2,23,24,28). The van der Waals surface area contributed by atoms with Crippen LogP contribution in [0.1, 0.15) is 61.1 Å². The van der Waals surface area contributed by atoms with Crippen molar-refractivity contribution in [3.05, 3.63) is 28.5 Å². The van der Waals surface area contributed by atoms with Crippen molar-refractivity contribution in [3.8, 4) is 0 Å². The highest BCUT2D eigenvalue weighted by molar-refractivity contribution is 6.35. The predicted octanol–water partition coefficient (Wildman–Crippen LogP) is 3.98. The topological polar surface area (TPSA) is 94.8 Å². The van der Waals surface area contributed by atoms with Crippen LogP contribution in [0.2, 0.25) is 5.02 Å². The first-order chi connectivity index (χ1) is 14.0. The van der Waals surface area contributed by atoms with Crippen LogP contribution in [-0.4, -0.2) is 41.1 Å². The summed E-state index contributed by atoms with van der Waals surface area (Å²) >= 11 is 6.53. The Morgan fingerprint density at radius 1 is 1.24 bits per heavy atom. The van der Waals surface area contributed by atoms with Gasteiger partial charge in [-0.2, -0.15) is 0 Å². The van der Waals surface area contributed by atoms with E-state index in [1.807, 2.05) is 0 Å². The molecule has 3 heterocycles. The van der Waals surface area contributed by atoms with E-state index in [1.54, 1.807) is 17.0 Å². The van der Waals surface area contributed by atoms with Gasteiger partial charge in [0.1, 0.15) is 5.58 Å². The highest BCUT2D eigenvalue weighted by Crippen LogP contribution is 2.49. The van der Waals surface area contributed by atoms with E-state index in [2.05, 4.69) is 10.6 Å². The number of rotatable bonds is 1. The van der Waals surface area contributed by atoms with Crippen LogP contribution in [0, 0.1) is 0 Å². The molecule has 1 spiro atoms. The third kappa shape index (κ3) is 3.07. The van der Waals surface area contributed by atoms with Gasteiger partial charge in [-0.25, -0.2) is 4.79 Å². The van der Waals surface area contributed by atoms with Crippen molar-refractivity contribution in [1.82, 2.24) is 10.2 Å². The second kappa shape index (κ2) is 6.92. The van der Waals surface area contributed by atoms with Gasteiger partial charge in [0, 0.05) is 24.0 Å². The van der Waals surface area contributed by atoms with E-state index in [-0.39, 0.29) is 17.7 Å². The highest BCUT2D eigenvalue weighted by Gasteiger charge is 2.44. The molecule has 2 aromatic rings. The van der Waals surface area contributed by atoms with Crippen molar-refractivity contribution < 1.29 is 19.1 Å². The van der Waals surface area contributed by atoms with Crippen molar-refractivity contribution in [2.75, 3.05) is 18.4 Å². The molecule has 1 aliphatic carbocycles. The van der Waals surface area contributed by atoms with Gasteiger partial charge in [0.25, 0.3) is 5.91 Å². The van der Waals surface area contributed by atoms with E-state index < -0.39 is 11.6 Å². The summed E-state index contributed by atoms with van der Waals surface area (Å²) in [4.78, 5) is 27.0. The highest BCUT2D eigenvalue weighted by atomic mass is 35.5. The number of amides is 3. The predicted molar refractivity (Wildman–Crippen MR) is 109 cm³/mol. The van der Waals surface area contributed by atoms with Crippen LogP contribution in [0.25, 0.3) is 11.0 Å². The Morgan fingerprint density at radius 3 is 2.79 bits per heavy atom. The number of benzene rings is 1. The molecule has 8 heteroatoms. The summed E-state index contributed by atoms with van der Waals surface area (Å²) in [6, 6.07) is 3.20. The van der Waals surface area contributed by atoms with Crippen LogP contribution in [0.3, 0.4) is 0 Å². The molecule has 1 atom stereocenters. The Labute approximate surface area is 173 Å². The zero-order valence-electron chi connectivity index (χ0n) is 16.1. The normalized spacial score (nSPS) is 23.6. The number of fused-ring (bicyclic) bond motifs is 4. The van der Waals surface area contributed by atoms with Gasteiger partial charge < -0.3 is 25.1 Å². The summed E-state index contributed by atoms with van der Waals surface area (Å²) in [5, 5.41) is 17.0. The van der Waals surface area contributed by atoms with Crippen LogP contribution in [0.4, 0.5) is 10.5 Å². The number of furan rings is 1. The lowest BCUT2D eigenvalue weighted by Gasteiger charge is -2.42. The fourth-order valence-corrected chi connectivity index (χ4v) is 5.34. The van der Waals surface area contributed by atoms with Gasteiger partial charge in [-0.05, 0) is 37.8 Å². The van der Waals surface area contributed by atoms with E-state index in [9.17, 15) is 14.7 Å². The summed E-state index contributed by atoms with van der Waals surface area (Å²) in [6.45, 7) is 0.920. The Morgan fingerprint density at radius 2 is 2.03 bits per heavy atom. The number of nitrogens with zero attached hydrogens (tertiary/aromatic N) is 1. The lowest BCUT2D eigenvalue weighted by Crippen LogP contribution is -2.52. The number of aliphatic hydroxyl groups excluding tert-OH is 1. The van der Waals surface area contributed by atoms with Gasteiger partial charge in [-0.15, -0.1) is 0 Å². The smallest absolute Gasteiger partial charge is 0.319 e. The molecule has 29 heavy (non-hydrogen) atoms. The summed E-state index contributed by atoms with van der Waals surface area (Å²) < 4.78 is 6.11. The van der Waals surface area contributed by atoms with Crippen molar-refractivity contribution >= 4 is 40.2 Å². The van der Waals surface area contributed by atoms with Gasteiger partial charge in [0.2, 0.25) is 0 Å². The minimum Gasteiger partial charge on any atom is -0.450 e. The number of β-amino-alcohol motifs (C(OH)–C–C–N with tert-alkyl or cyclic N) is 1. The lowest BCUT2D eigenvalue weighted by atomic mass is 9.74. The summed E-state index contributed by atoms with van der Waals surface area (Å²) in [5.41, 5.74) is 1.49. The van der Waals surface area contributed by atoms with E-state index in [4.69, 9.17) is 16.0 Å². The number of anilines is 1. The van der Waals surface area contributed by atoms with Crippen molar-refractivity contribution in [1.29, 1.82) is 0 Å². The number of likely N-dealkylation sites (tertiary alicyclic amines) is 1. The first-order valence-electron chi connectivity index (χ1n) is 10.3. The molecule has 1 aromatic heterocycles. The van der Waals surface area contributed by atoms with Crippen LogP contribution >= 0.6 is 11.6 Å². The van der Waals surface area contributed by atoms with Crippen molar-refractivity contribution in [2.45, 2.75) is 56.6 Å². The molecular formula is C21H24ClN3O4. The Hall–Kier alpha value is -2.25. The third-order valence-electron chi connectivity index (χ3n) is 6.43. The van der Waals surface area contributed by atoms with E-state index in [0.29, 0.717) is 35.8 Å². The first kappa shape index (κ1) is 18.8. The number of carbonyl (C=O) groups is 2. The van der Waals surface area contributed by atoms with Gasteiger partial charge in [0.05, 0.1) is 22.4 Å². The lowest BCUT2D eigenvalue weighted by molar-refractivity contribution is 0.0450. The molecule has 0 radical (unpaired) electrons. The number of aliphatic hydroxyl groups is 1. The number of hydrogen-bond acceptors (Lipinski definition) is 4. The Balaban J connectivity index is 1.62. The molecule has 3 N–H and O–H groups in total. The van der Waals surface area contributed by atoms with Gasteiger partial charge >= 0.3 is 6.03 Å². The van der Waals surface area contributed by atoms with Crippen LogP contribution in [-0.2, 0) is 5.54 Å². The molecule has 2 aliphatic heterocycles. The second-order valence-corrected chi connectivity index (χ2v) is 8.81. The number of nitrogens with one attached hydrogen (secondary N) is 2. The first-order valence-corrected chi connectivity index (χ1v) is 10.7. The molecule has 3 amide bonds. The molecule has 5 rings (SSSR count). The van der Waals surface area contributed by atoms with E-state index in [0.717, 1.165) is 49.5 Å². The molecule has 1 unspecified atom stereocenters. The van der Waals surface area contributed by atoms with E-state index in [1.165, 1.54) is 0 Å². The number of piperidine rings is 1. The fraction of sp³-hybridized carbons (Fsp3) is 0.524. The van der Waals surface area contributed by atoms with Crippen LogP contribution < -0.4 is 10.6 Å². The zero-order chi connectivity index (χ0) is 20.2. The van der Waals surface area contributed by atoms with Crippen molar-refractivity contribution in [2.24, 2.45) is 0 Å². The number of carbonyl (C=O) groups excluding carboxylic acids is 2. The average Bonchev–Trinajstić information content (AvgIpc) is 3.11. The second-order valence-electron chi connectivity index (χ2n) is 8.41. The van der Waals surface area contributed by atoms with Crippen LogP contribution in [0.5, 0.6) is 0 Å². The number of halogens is 1. The molecule has 2 fully saturated rings. The number of urea groups is 1. The molecule has 1 saturated heterocycles. The zero-order valence-corrected chi connectivity index (χ0v) is 16.8. The van der Waals surface area contributed by atoms with E-state index >= 15 is 0 Å². The molecule has 7 nitrogen and oxygen atoms in total. The maximum absolute atomic E-state index is 13.0. The van der Waals surface area contributed by atoms with Gasteiger partial charge in [-0.1, -0.05) is 30.9 Å². The average molecular weight is 418 g/mol. The largest absolute Gasteiger partial charge is 0.450 e. The SMILES string of the molecule is O=C1Nc2c(Cl)cc3cc(C(=O)N4CCCC(O)C4)oc3c2C2(CCCCC2)N1. The molecular weight excluding hydrogens is 394 g/mol. The quantitative estimate of drug-likeness (QED) is 0.654. The minimum atomic E-state index is -0.529. The fourth-order valence-electron chi connectivity index (χ4n) is 5.08.